The van der Waals surface area contributed by atoms with Crippen molar-refractivity contribution in [3.8, 4) is 0 Å². The fourth-order valence-corrected chi connectivity index (χ4v) is 4.15. The molecule has 0 saturated heterocycles. The molecular formula is C24H27N5O4S. The number of primary sulfonamides is 1. The predicted octanol–water partition coefficient (Wildman–Crippen LogP) is 3.26. The number of aromatic nitrogens is 3. The van der Waals surface area contributed by atoms with Gasteiger partial charge in [-0.15, -0.1) is 0 Å². The molecule has 34 heavy (non-hydrogen) atoms. The van der Waals surface area contributed by atoms with Gasteiger partial charge in [-0.2, -0.15) is 0 Å². The zero-order valence-electron chi connectivity index (χ0n) is 19.1. The highest BCUT2D eigenvalue weighted by atomic mass is 32.2. The van der Waals surface area contributed by atoms with Gasteiger partial charge < -0.3 is 15.0 Å². The van der Waals surface area contributed by atoms with Gasteiger partial charge in [-0.1, -0.05) is 44.5 Å². The lowest BCUT2D eigenvalue weighted by Gasteiger charge is -2.10. The summed E-state index contributed by atoms with van der Waals surface area (Å²) in [6.07, 6.45) is 1.41. The van der Waals surface area contributed by atoms with E-state index in [0.29, 0.717) is 41.8 Å². The van der Waals surface area contributed by atoms with E-state index >= 15 is 0 Å². The third kappa shape index (κ3) is 4.73. The molecule has 0 spiro atoms. The molecule has 0 fully saturated rings. The third-order valence-corrected chi connectivity index (χ3v) is 6.80. The number of carbonyl (C=O) groups is 1. The first kappa shape index (κ1) is 23.7. The highest BCUT2D eigenvalue weighted by Crippen LogP contribution is 2.29. The van der Waals surface area contributed by atoms with Crippen LogP contribution in [-0.2, 0) is 27.7 Å². The van der Waals surface area contributed by atoms with E-state index in [-0.39, 0.29) is 22.2 Å². The van der Waals surface area contributed by atoms with Gasteiger partial charge in [0.05, 0.1) is 22.5 Å². The number of hydrogen-bond donors (Lipinski definition) is 2. The first-order valence-corrected chi connectivity index (χ1v) is 12.6. The van der Waals surface area contributed by atoms with Crippen molar-refractivity contribution in [1.29, 1.82) is 0 Å². The van der Waals surface area contributed by atoms with Gasteiger partial charge in [-0.3, -0.25) is 0 Å². The summed E-state index contributed by atoms with van der Waals surface area (Å²) >= 11 is 0. The van der Waals surface area contributed by atoms with Crippen molar-refractivity contribution in [3.05, 3.63) is 59.7 Å². The first-order chi connectivity index (χ1) is 16.2. The van der Waals surface area contributed by atoms with Crippen molar-refractivity contribution >= 4 is 44.0 Å². The van der Waals surface area contributed by atoms with Gasteiger partial charge in [-0.05, 0) is 42.2 Å². The Hall–Kier alpha value is -3.50. The van der Waals surface area contributed by atoms with E-state index in [2.05, 4.69) is 4.98 Å². The lowest BCUT2D eigenvalue weighted by Crippen LogP contribution is -2.14. The SMILES string of the molecule is CC[C@H](C)COC(=O)c1c(N)n(CCc2ccc(S(N)(=O)=O)cc2)c2nc3ccccc3nc12. The van der Waals surface area contributed by atoms with Crippen molar-refractivity contribution < 1.29 is 17.9 Å². The van der Waals surface area contributed by atoms with Crippen LogP contribution in [0.3, 0.4) is 0 Å². The molecule has 178 valence electrons. The molecule has 2 aromatic carbocycles. The molecule has 0 bridgehead atoms. The Bertz CT molecular complexity index is 1460. The highest BCUT2D eigenvalue weighted by molar-refractivity contribution is 7.89. The van der Waals surface area contributed by atoms with Crippen LogP contribution in [0.2, 0.25) is 0 Å². The number of nitrogens with two attached hydrogens (primary N) is 2. The van der Waals surface area contributed by atoms with Crippen molar-refractivity contribution in [2.75, 3.05) is 12.3 Å². The Labute approximate surface area is 197 Å². The topological polar surface area (TPSA) is 143 Å². The molecule has 0 radical (unpaired) electrons. The van der Waals surface area contributed by atoms with Crippen LogP contribution in [0.1, 0.15) is 36.2 Å². The number of hydrogen-bond acceptors (Lipinski definition) is 7. The molecule has 4 N–H and O–H groups in total. The van der Waals surface area contributed by atoms with Crippen molar-refractivity contribution in [3.63, 3.8) is 0 Å². The number of ether oxygens (including phenoxy) is 1. The molecule has 0 aliphatic rings. The Morgan fingerprint density at radius 3 is 2.35 bits per heavy atom. The lowest BCUT2D eigenvalue weighted by molar-refractivity contribution is 0.0450. The average molecular weight is 482 g/mol. The molecule has 0 aliphatic carbocycles. The number of para-hydroxylation sites is 2. The third-order valence-electron chi connectivity index (χ3n) is 5.87. The van der Waals surface area contributed by atoms with Crippen LogP contribution in [0.5, 0.6) is 0 Å². The van der Waals surface area contributed by atoms with Gasteiger partial charge in [-0.25, -0.2) is 28.3 Å². The van der Waals surface area contributed by atoms with E-state index in [0.717, 1.165) is 12.0 Å². The van der Waals surface area contributed by atoms with Crippen LogP contribution in [0, 0.1) is 5.92 Å². The maximum absolute atomic E-state index is 13.0. The number of anilines is 1. The minimum atomic E-state index is -3.76. The van der Waals surface area contributed by atoms with Gasteiger partial charge in [0.1, 0.15) is 16.9 Å². The van der Waals surface area contributed by atoms with Crippen molar-refractivity contribution in [2.24, 2.45) is 11.1 Å². The van der Waals surface area contributed by atoms with E-state index in [9.17, 15) is 13.2 Å². The van der Waals surface area contributed by atoms with Gasteiger partial charge in [0.2, 0.25) is 10.0 Å². The summed E-state index contributed by atoms with van der Waals surface area (Å²) in [5.74, 6) is -0.0602. The molecule has 0 aliphatic heterocycles. The number of rotatable bonds is 8. The summed E-state index contributed by atoms with van der Waals surface area (Å²) in [4.78, 5) is 22.5. The average Bonchev–Trinajstić information content (AvgIpc) is 3.09. The van der Waals surface area contributed by atoms with Crippen LogP contribution in [0.15, 0.2) is 53.4 Å². The molecule has 0 amide bonds. The fraction of sp³-hybridized carbons (Fsp3) is 0.292. The van der Waals surface area contributed by atoms with Crippen LogP contribution in [0.25, 0.3) is 22.2 Å². The van der Waals surface area contributed by atoms with Crippen LogP contribution < -0.4 is 10.9 Å². The smallest absolute Gasteiger partial charge is 0.344 e. The monoisotopic (exact) mass is 481 g/mol. The Balaban J connectivity index is 1.72. The summed E-state index contributed by atoms with van der Waals surface area (Å²) in [7, 11) is -3.76. The van der Waals surface area contributed by atoms with Gasteiger partial charge in [0.25, 0.3) is 0 Å². The summed E-state index contributed by atoms with van der Waals surface area (Å²) in [5.41, 5.74) is 9.77. The first-order valence-electron chi connectivity index (χ1n) is 11.0. The van der Waals surface area contributed by atoms with E-state index in [1.807, 2.05) is 38.1 Å². The number of nitrogens with zero attached hydrogens (tertiary/aromatic N) is 3. The quantitative estimate of drug-likeness (QED) is 0.368. The number of sulfonamides is 1. The molecular weight excluding hydrogens is 454 g/mol. The van der Waals surface area contributed by atoms with E-state index < -0.39 is 16.0 Å². The summed E-state index contributed by atoms with van der Waals surface area (Å²) in [6.45, 7) is 4.74. The molecule has 1 atom stereocenters. The van der Waals surface area contributed by atoms with Crippen LogP contribution in [-0.4, -0.2) is 35.5 Å². The Morgan fingerprint density at radius 1 is 1.09 bits per heavy atom. The molecule has 0 saturated carbocycles. The van der Waals surface area contributed by atoms with Crippen molar-refractivity contribution in [1.82, 2.24) is 14.5 Å². The lowest BCUT2D eigenvalue weighted by atomic mass is 10.1. The zero-order valence-corrected chi connectivity index (χ0v) is 19.9. The highest BCUT2D eigenvalue weighted by Gasteiger charge is 2.25. The number of aryl methyl sites for hydroxylation is 2. The molecule has 10 heteroatoms. The van der Waals surface area contributed by atoms with Gasteiger partial charge in [0.15, 0.2) is 5.65 Å². The molecule has 4 rings (SSSR count). The van der Waals surface area contributed by atoms with Crippen LogP contribution in [0.4, 0.5) is 5.82 Å². The van der Waals surface area contributed by atoms with Crippen molar-refractivity contribution in [2.45, 2.75) is 38.1 Å². The number of nitrogen functional groups attached to an aromatic ring is 1. The number of benzene rings is 2. The largest absolute Gasteiger partial charge is 0.462 e. The van der Waals surface area contributed by atoms with Gasteiger partial charge in [0, 0.05) is 6.54 Å². The summed E-state index contributed by atoms with van der Waals surface area (Å²) < 4.78 is 30.3. The van der Waals surface area contributed by atoms with E-state index in [1.165, 1.54) is 12.1 Å². The molecule has 9 nitrogen and oxygen atoms in total. The van der Waals surface area contributed by atoms with Crippen LogP contribution >= 0.6 is 0 Å². The minimum absolute atomic E-state index is 0.0471. The maximum atomic E-state index is 13.0. The maximum Gasteiger partial charge on any atom is 0.344 e. The predicted molar refractivity (Wildman–Crippen MR) is 131 cm³/mol. The Kier molecular flexibility index (Phi) is 6.54. The van der Waals surface area contributed by atoms with E-state index in [4.69, 9.17) is 20.6 Å². The summed E-state index contributed by atoms with van der Waals surface area (Å²) in [5, 5.41) is 5.18. The molecule has 0 unspecified atom stereocenters. The fourth-order valence-electron chi connectivity index (χ4n) is 3.64. The minimum Gasteiger partial charge on any atom is -0.462 e. The Morgan fingerprint density at radius 2 is 1.74 bits per heavy atom. The van der Waals surface area contributed by atoms with E-state index in [1.54, 1.807) is 16.7 Å². The normalized spacial score (nSPS) is 12.8. The number of carbonyl (C=O) groups excluding carboxylic acids is 1. The standard InChI is InChI=1S/C24H27N5O4S/c1-3-15(2)14-33-24(30)20-21-23(28-19-7-5-4-6-18(19)27-21)29(22(20)25)13-12-16-8-10-17(11-9-16)34(26,31)32/h4-11,15H,3,12-14,25H2,1-2H3,(H2,26,31,32)/t15-/m0/s1. The van der Waals surface area contributed by atoms with Gasteiger partial charge >= 0.3 is 5.97 Å². The second-order valence-electron chi connectivity index (χ2n) is 8.35. The summed E-state index contributed by atoms with van der Waals surface area (Å²) in [6, 6.07) is 13.7. The molecule has 4 aromatic rings. The zero-order chi connectivity index (χ0) is 24.5. The molecule has 2 heterocycles. The number of fused-ring (bicyclic) bond motifs is 2. The second-order valence-corrected chi connectivity index (χ2v) is 9.91. The number of esters is 1. The second kappa shape index (κ2) is 9.40. The molecule has 2 aromatic heterocycles.